The van der Waals surface area contributed by atoms with Crippen molar-refractivity contribution >= 4 is 18.0 Å². The molecule has 2 heterocycles. The Labute approximate surface area is 106 Å². The summed E-state index contributed by atoms with van der Waals surface area (Å²) in [5.41, 5.74) is 1.34. The second kappa shape index (κ2) is 5.19. The molecule has 18 heavy (non-hydrogen) atoms. The van der Waals surface area contributed by atoms with Crippen molar-refractivity contribution in [3.8, 4) is 6.07 Å². The predicted molar refractivity (Wildman–Crippen MR) is 70.9 cm³/mol. The van der Waals surface area contributed by atoms with Gasteiger partial charge in [0.15, 0.2) is 5.88 Å². The Morgan fingerprint density at radius 2 is 2.06 bits per heavy atom. The molecule has 0 amide bonds. The molecule has 2 aromatic rings. The Bertz CT molecular complexity index is 588. The maximum Gasteiger partial charge on any atom is 0.195 e. The summed E-state index contributed by atoms with van der Waals surface area (Å²) >= 11 is 0. The molecule has 0 aliphatic heterocycles. The number of nitrogens with zero attached hydrogens (tertiary/aromatic N) is 3. The highest BCUT2D eigenvalue weighted by Gasteiger charge is 2.00. The van der Waals surface area contributed by atoms with E-state index in [9.17, 15) is 0 Å². The fraction of sp³-hybridized carbons (Fsp3) is 0.143. The number of rotatable bonds is 3. The minimum Gasteiger partial charge on any atom is -0.441 e. The van der Waals surface area contributed by atoms with Crippen LogP contribution in [0.25, 0.3) is 12.2 Å². The van der Waals surface area contributed by atoms with Crippen molar-refractivity contribution < 1.29 is 4.42 Å². The quantitative estimate of drug-likeness (QED) is 0.826. The van der Waals surface area contributed by atoms with E-state index in [1.54, 1.807) is 12.3 Å². The normalized spacial score (nSPS) is 10.5. The van der Waals surface area contributed by atoms with Crippen LogP contribution in [0.4, 0.5) is 5.88 Å². The summed E-state index contributed by atoms with van der Waals surface area (Å²) in [7, 11) is 3.85. The summed E-state index contributed by atoms with van der Waals surface area (Å²) in [4.78, 5) is 5.90. The van der Waals surface area contributed by atoms with Gasteiger partial charge in [-0.1, -0.05) is 6.07 Å². The van der Waals surface area contributed by atoms with Crippen molar-refractivity contribution in [3.05, 3.63) is 47.5 Å². The molecule has 0 spiro atoms. The van der Waals surface area contributed by atoms with Gasteiger partial charge in [-0.25, -0.2) is 4.98 Å². The van der Waals surface area contributed by atoms with Crippen molar-refractivity contribution in [1.82, 2.24) is 4.98 Å². The molecule has 0 saturated heterocycles. The Morgan fingerprint density at radius 3 is 2.61 bits per heavy atom. The van der Waals surface area contributed by atoms with E-state index in [2.05, 4.69) is 4.98 Å². The Hall–Kier alpha value is -2.54. The molecule has 0 fully saturated rings. The first-order chi connectivity index (χ1) is 8.69. The molecule has 0 radical (unpaired) electrons. The lowest BCUT2D eigenvalue weighted by Gasteiger charge is -2.05. The van der Waals surface area contributed by atoms with Gasteiger partial charge < -0.3 is 9.32 Å². The molecule has 0 aromatic carbocycles. The SMILES string of the molecule is CN(C)c1ccc(/C=C/c2ccc(C#N)nc2)o1. The molecule has 90 valence electrons. The highest BCUT2D eigenvalue weighted by atomic mass is 16.4. The van der Waals surface area contributed by atoms with Crippen LogP contribution < -0.4 is 4.90 Å². The van der Waals surface area contributed by atoms with Crippen LogP contribution in [0.5, 0.6) is 0 Å². The Morgan fingerprint density at radius 1 is 1.22 bits per heavy atom. The molecule has 4 heteroatoms. The van der Waals surface area contributed by atoms with E-state index >= 15 is 0 Å². The van der Waals surface area contributed by atoms with E-state index in [0.29, 0.717) is 5.69 Å². The van der Waals surface area contributed by atoms with Crippen molar-refractivity contribution in [2.75, 3.05) is 19.0 Å². The molecule has 0 bridgehead atoms. The molecule has 0 unspecified atom stereocenters. The van der Waals surface area contributed by atoms with Gasteiger partial charge in [-0.2, -0.15) is 5.26 Å². The first-order valence-electron chi connectivity index (χ1n) is 5.50. The zero-order valence-corrected chi connectivity index (χ0v) is 10.3. The number of aromatic nitrogens is 1. The first kappa shape index (κ1) is 11.9. The third-order valence-electron chi connectivity index (χ3n) is 2.39. The van der Waals surface area contributed by atoms with E-state index in [1.165, 1.54) is 0 Å². The van der Waals surface area contributed by atoms with E-state index in [0.717, 1.165) is 17.2 Å². The maximum atomic E-state index is 8.64. The summed E-state index contributed by atoms with van der Waals surface area (Å²) in [6, 6.07) is 9.34. The lowest BCUT2D eigenvalue weighted by molar-refractivity contribution is 0.555. The number of furan rings is 1. The molecule has 0 aliphatic rings. The minimum atomic E-state index is 0.417. The zero-order chi connectivity index (χ0) is 13.0. The second-order valence-electron chi connectivity index (χ2n) is 3.99. The number of pyridine rings is 1. The first-order valence-corrected chi connectivity index (χ1v) is 5.50. The van der Waals surface area contributed by atoms with Crippen LogP contribution in [-0.2, 0) is 0 Å². The maximum absolute atomic E-state index is 8.64. The van der Waals surface area contributed by atoms with Crippen molar-refractivity contribution in [2.24, 2.45) is 0 Å². The third kappa shape index (κ3) is 2.77. The van der Waals surface area contributed by atoms with Gasteiger partial charge >= 0.3 is 0 Å². The van der Waals surface area contributed by atoms with Crippen LogP contribution in [0.3, 0.4) is 0 Å². The van der Waals surface area contributed by atoms with E-state index in [-0.39, 0.29) is 0 Å². The summed E-state index contributed by atoms with van der Waals surface area (Å²) in [5.74, 6) is 1.59. The third-order valence-corrected chi connectivity index (χ3v) is 2.39. The monoisotopic (exact) mass is 239 g/mol. The highest BCUT2D eigenvalue weighted by Crippen LogP contribution is 2.17. The summed E-state index contributed by atoms with van der Waals surface area (Å²) in [6.45, 7) is 0. The van der Waals surface area contributed by atoms with Crippen LogP contribution in [-0.4, -0.2) is 19.1 Å². The van der Waals surface area contributed by atoms with Crippen molar-refractivity contribution in [1.29, 1.82) is 5.26 Å². The van der Waals surface area contributed by atoms with E-state index in [4.69, 9.17) is 9.68 Å². The van der Waals surface area contributed by atoms with Crippen LogP contribution in [0.1, 0.15) is 17.0 Å². The summed E-state index contributed by atoms with van der Waals surface area (Å²) < 4.78 is 5.58. The standard InChI is InChI=1S/C14H13N3O/c1-17(2)14-8-7-13(18-14)6-4-11-3-5-12(9-15)16-10-11/h3-8,10H,1-2H3/b6-4+. The number of hydrogen-bond acceptors (Lipinski definition) is 4. The fourth-order valence-electron chi connectivity index (χ4n) is 1.42. The minimum absolute atomic E-state index is 0.417. The van der Waals surface area contributed by atoms with E-state index in [1.807, 2.05) is 55.4 Å². The average Bonchev–Trinajstić information content (AvgIpc) is 2.86. The van der Waals surface area contributed by atoms with Gasteiger partial charge in [0, 0.05) is 26.4 Å². The van der Waals surface area contributed by atoms with Crippen LogP contribution in [0, 0.1) is 11.3 Å². The lowest BCUT2D eigenvalue weighted by atomic mass is 10.2. The molecule has 0 saturated carbocycles. The average molecular weight is 239 g/mol. The van der Waals surface area contributed by atoms with Gasteiger partial charge in [0.25, 0.3) is 0 Å². The van der Waals surface area contributed by atoms with Gasteiger partial charge in [0.05, 0.1) is 0 Å². The van der Waals surface area contributed by atoms with Crippen molar-refractivity contribution in [3.63, 3.8) is 0 Å². The van der Waals surface area contributed by atoms with Crippen molar-refractivity contribution in [2.45, 2.75) is 0 Å². The van der Waals surface area contributed by atoms with Gasteiger partial charge in [-0.3, -0.25) is 0 Å². The molecule has 2 rings (SSSR count). The van der Waals surface area contributed by atoms with Gasteiger partial charge in [-0.05, 0) is 29.8 Å². The molecule has 0 atom stereocenters. The number of nitriles is 1. The number of anilines is 1. The Balaban J connectivity index is 2.12. The highest BCUT2D eigenvalue weighted by molar-refractivity contribution is 5.67. The van der Waals surface area contributed by atoms with Gasteiger partial charge in [-0.15, -0.1) is 0 Å². The molecule has 0 aliphatic carbocycles. The van der Waals surface area contributed by atoms with E-state index < -0.39 is 0 Å². The lowest BCUT2D eigenvalue weighted by Crippen LogP contribution is -2.06. The second-order valence-corrected chi connectivity index (χ2v) is 3.99. The molecular weight excluding hydrogens is 226 g/mol. The number of hydrogen-bond donors (Lipinski definition) is 0. The molecule has 2 aromatic heterocycles. The molecular formula is C14H13N3O. The molecule has 0 N–H and O–H groups in total. The predicted octanol–water partition coefficient (Wildman–Crippen LogP) is 2.78. The van der Waals surface area contributed by atoms with Crippen LogP contribution >= 0.6 is 0 Å². The topological polar surface area (TPSA) is 53.1 Å². The Kier molecular flexibility index (Phi) is 3.44. The zero-order valence-electron chi connectivity index (χ0n) is 10.3. The smallest absolute Gasteiger partial charge is 0.195 e. The largest absolute Gasteiger partial charge is 0.441 e. The summed E-state index contributed by atoms with van der Waals surface area (Å²) in [6.07, 6.45) is 5.42. The molecule has 4 nitrogen and oxygen atoms in total. The summed E-state index contributed by atoms with van der Waals surface area (Å²) in [5, 5.41) is 8.64. The van der Waals surface area contributed by atoms with Crippen LogP contribution in [0.2, 0.25) is 0 Å². The van der Waals surface area contributed by atoms with Gasteiger partial charge in [0.2, 0.25) is 0 Å². The van der Waals surface area contributed by atoms with Gasteiger partial charge in [0.1, 0.15) is 17.5 Å². The van der Waals surface area contributed by atoms with Crippen LogP contribution in [0.15, 0.2) is 34.9 Å². The fourth-order valence-corrected chi connectivity index (χ4v) is 1.42.